The van der Waals surface area contributed by atoms with E-state index in [1.54, 1.807) is 30.0 Å². The van der Waals surface area contributed by atoms with E-state index in [1.165, 1.54) is 0 Å². The minimum Gasteiger partial charge on any atom is -0.448 e. The van der Waals surface area contributed by atoms with Crippen molar-refractivity contribution in [1.29, 1.82) is 0 Å². The topological polar surface area (TPSA) is 76.7 Å². The van der Waals surface area contributed by atoms with Crippen LogP contribution in [0.15, 0.2) is 41.3 Å². The van der Waals surface area contributed by atoms with Gasteiger partial charge < -0.3 is 20.1 Å². The average molecular weight is 396 g/mol. The highest BCUT2D eigenvalue weighted by atomic mass is 32.2. The molecule has 6 nitrogen and oxygen atoms in total. The molecule has 2 aromatic rings. The van der Waals surface area contributed by atoms with E-state index < -0.39 is 5.79 Å². The smallest absolute Gasteiger partial charge is 0.255 e. The van der Waals surface area contributed by atoms with Gasteiger partial charge in [-0.3, -0.25) is 9.59 Å². The molecular weight excluding hydrogens is 376 g/mol. The van der Waals surface area contributed by atoms with Gasteiger partial charge in [-0.05, 0) is 43.2 Å². The van der Waals surface area contributed by atoms with E-state index in [2.05, 4.69) is 10.6 Å². The van der Waals surface area contributed by atoms with Gasteiger partial charge in [0.1, 0.15) is 0 Å². The molecule has 1 aliphatic carbocycles. The van der Waals surface area contributed by atoms with Crippen molar-refractivity contribution in [1.82, 2.24) is 0 Å². The molecule has 3 aliphatic rings. The zero-order valence-corrected chi connectivity index (χ0v) is 16.1. The number of carbonyl (C=O) groups excluding carboxylic acids is 2. The Labute approximate surface area is 167 Å². The van der Waals surface area contributed by atoms with Crippen molar-refractivity contribution in [2.75, 3.05) is 16.4 Å². The molecule has 1 fully saturated rings. The first-order chi connectivity index (χ1) is 13.6. The lowest BCUT2D eigenvalue weighted by Crippen LogP contribution is -2.34. The second-order valence-corrected chi connectivity index (χ2v) is 8.43. The van der Waals surface area contributed by atoms with E-state index in [0.717, 1.165) is 42.1 Å². The van der Waals surface area contributed by atoms with Crippen LogP contribution >= 0.6 is 11.8 Å². The quantitative estimate of drug-likeness (QED) is 0.786. The number of hydrogen-bond acceptors (Lipinski definition) is 5. The van der Waals surface area contributed by atoms with Crippen LogP contribution in [0.5, 0.6) is 11.5 Å². The summed E-state index contributed by atoms with van der Waals surface area (Å²) in [5.74, 6) is 1.36. The normalized spacial score (nSPS) is 19.1. The number of benzene rings is 2. The van der Waals surface area contributed by atoms with Gasteiger partial charge in [0, 0.05) is 47.2 Å². The third-order valence-electron chi connectivity index (χ3n) is 5.26. The van der Waals surface area contributed by atoms with Gasteiger partial charge in [0.15, 0.2) is 11.5 Å². The van der Waals surface area contributed by atoms with Crippen LogP contribution in [0.1, 0.15) is 42.5 Å². The van der Waals surface area contributed by atoms with Gasteiger partial charge in [-0.25, -0.2) is 0 Å². The fraction of sp³-hybridized carbons (Fsp3) is 0.333. The van der Waals surface area contributed by atoms with E-state index >= 15 is 0 Å². The van der Waals surface area contributed by atoms with E-state index in [9.17, 15) is 9.59 Å². The standard InChI is InChI=1S/C21H20N2O4S/c24-19-7-10-28-18-6-3-13(11-15(18)23-19)20(25)22-14-4-5-16-17(12-14)27-21(26-16)8-1-2-9-21/h3-6,11-12H,1-2,7-10H2,(H,22,25)(H,23,24). The molecule has 28 heavy (non-hydrogen) atoms. The van der Waals surface area contributed by atoms with Gasteiger partial charge in [0.05, 0.1) is 5.69 Å². The van der Waals surface area contributed by atoms with E-state index in [-0.39, 0.29) is 11.8 Å². The highest BCUT2D eigenvalue weighted by Crippen LogP contribution is 2.47. The van der Waals surface area contributed by atoms with Crippen LogP contribution in [-0.2, 0) is 4.79 Å². The molecule has 2 aliphatic heterocycles. The molecule has 0 atom stereocenters. The number of thioether (sulfide) groups is 1. The number of fused-ring (bicyclic) bond motifs is 2. The lowest BCUT2D eigenvalue weighted by molar-refractivity contribution is -0.115. The fourth-order valence-corrected chi connectivity index (χ4v) is 4.79. The Morgan fingerprint density at radius 3 is 2.75 bits per heavy atom. The van der Waals surface area contributed by atoms with E-state index in [0.29, 0.717) is 29.1 Å². The van der Waals surface area contributed by atoms with Crippen molar-refractivity contribution in [3.63, 3.8) is 0 Å². The molecular formula is C21H20N2O4S. The van der Waals surface area contributed by atoms with Crippen LogP contribution < -0.4 is 20.1 Å². The first-order valence-electron chi connectivity index (χ1n) is 9.50. The zero-order valence-electron chi connectivity index (χ0n) is 15.2. The number of amides is 2. The molecule has 0 radical (unpaired) electrons. The van der Waals surface area contributed by atoms with Crippen molar-refractivity contribution in [3.8, 4) is 11.5 Å². The molecule has 2 N–H and O–H groups in total. The molecule has 2 aromatic carbocycles. The molecule has 0 unspecified atom stereocenters. The second-order valence-electron chi connectivity index (χ2n) is 7.30. The van der Waals surface area contributed by atoms with Crippen molar-refractivity contribution < 1.29 is 19.1 Å². The maximum atomic E-state index is 12.7. The SMILES string of the molecule is O=C1CCSc2ccc(C(=O)Nc3ccc4c(c3)OC3(CCCC3)O4)cc2N1. The van der Waals surface area contributed by atoms with Crippen LogP contribution in [0.4, 0.5) is 11.4 Å². The Balaban J connectivity index is 1.34. The Morgan fingerprint density at radius 2 is 1.89 bits per heavy atom. The first kappa shape index (κ1) is 17.4. The fourth-order valence-electron chi connectivity index (χ4n) is 3.85. The summed E-state index contributed by atoms with van der Waals surface area (Å²) in [6, 6.07) is 10.8. The number of carbonyl (C=O) groups is 2. The largest absolute Gasteiger partial charge is 0.448 e. The van der Waals surface area contributed by atoms with Gasteiger partial charge in [-0.1, -0.05) is 0 Å². The summed E-state index contributed by atoms with van der Waals surface area (Å²) in [6.45, 7) is 0. The maximum absolute atomic E-state index is 12.7. The number of nitrogens with one attached hydrogen (secondary N) is 2. The van der Waals surface area contributed by atoms with Crippen LogP contribution in [0.2, 0.25) is 0 Å². The average Bonchev–Trinajstić information content (AvgIpc) is 3.22. The summed E-state index contributed by atoms with van der Waals surface area (Å²) in [7, 11) is 0. The molecule has 0 saturated heterocycles. The number of ether oxygens (including phenoxy) is 2. The number of rotatable bonds is 2. The van der Waals surface area contributed by atoms with Gasteiger partial charge in [0.25, 0.3) is 11.7 Å². The summed E-state index contributed by atoms with van der Waals surface area (Å²) in [5, 5.41) is 5.77. The Morgan fingerprint density at radius 1 is 1.07 bits per heavy atom. The van der Waals surface area contributed by atoms with Crippen molar-refractivity contribution in [2.24, 2.45) is 0 Å². The molecule has 2 heterocycles. The lowest BCUT2D eigenvalue weighted by Gasteiger charge is -2.21. The van der Waals surface area contributed by atoms with Crippen molar-refractivity contribution in [3.05, 3.63) is 42.0 Å². The third kappa shape index (κ3) is 3.20. The number of anilines is 2. The van der Waals surface area contributed by atoms with E-state index in [4.69, 9.17) is 9.47 Å². The summed E-state index contributed by atoms with van der Waals surface area (Å²) in [5.41, 5.74) is 1.83. The van der Waals surface area contributed by atoms with Gasteiger partial charge in [0.2, 0.25) is 5.91 Å². The minimum atomic E-state index is -0.516. The summed E-state index contributed by atoms with van der Waals surface area (Å²) < 4.78 is 12.1. The second kappa shape index (κ2) is 6.74. The summed E-state index contributed by atoms with van der Waals surface area (Å²) in [4.78, 5) is 25.5. The molecule has 144 valence electrons. The Hall–Kier alpha value is -2.67. The zero-order chi connectivity index (χ0) is 19.1. The Kier molecular flexibility index (Phi) is 4.19. The maximum Gasteiger partial charge on any atom is 0.255 e. The van der Waals surface area contributed by atoms with Crippen LogP contribution in [0.25, 0.3) is 0 Å². The molecule has 1 spiro atoms. The molecule has 7 heteroatoms. The third-order valence-corrected chi connectivity index (χ3v) is 6.34. The van der Waals surface area contributed by atoms with Gasteiger partial charge in [-0.15, -0.1) is 11.8 Å². The highest BCUT2D eigenvalue weighted by molar-refractivity contribution is 7.99. The van der Waals surface area contributed by atoms with E-state index in [1.807, 2.05) is 18.2 Å². The predicted molar refractivity (Wildman–Crippen MR) is 107 cm³/mol. The molecule has 0 bridgehead atoms. The molecule has 1 saturated carbocycles. The predicted octanol–water partition coefficient (Wildman–Crippen LogP) is 4.41. The molecule has 5 rings (SSSR count). The Bertz CT molecular complexity index is 969. The van der Waals surface area contributed by atoms with Crippen LogP contribution in [0, 0.1) is 0 Å². The van der Waals surface area contributed by atoms with Gasteiger partial charge >= 0.3 is 0 Å². The molecule has 2 amide bonds. The summed E-state index contributed by atoms with van der Waals surface area (Å²) >= 11 is 1.61. The highest BCUT2D eigenvalue weighted by Gasteiger charge is 2.44. The lowest BCUT2D eigenvalue weighted by atomic mass is 10.1. The first-order valence-corrected chi connectivity index (χ1v) is 10.5. The molecule has 0 aromatic heterocycles. The van der Waals surface area contributed by atoms with Crippen molar-refractivity contribution >= 4 is 35.0 Å². The minimum absolute atomic E-state index is 0.0274. The number of hydrogen-bond donors (Lipinski definition) is 2. The van der Waals surface area contributed by atoms with Crippen LogP contribution in [0.3, 0.4) is 0 Å². The van der Waals surface area contributed by atoms with Crippen molar-refractivity contribution in [2.45, 2.75) is 42.8 Å². The monoisotopic (exact) mass is 396 g/mol. The van der Waals surface area contributed by atoms with Crippen LogP contribution in [-0.4, -0.2) is 23.4 Å². The van der Waals surface area contributed by atoms with Gasteiger partial charge in [-0.2, -0.15) is 0 Å². The summed E-state index contributed by atoms with van der Waals surface area (Å²) in [6.07, 6.45) is 4.46.